The van der Waals surface area contributed by atoms with Gasteiger partial charge >= 0.3 is 0 Å². The number of carbonyl (C=O) groups excluding carboxylic acids is 1. The molecule has 1 saturated carbocycles. The second kappa shape index (κ2) is 13.6. The highest BCUT2D eigenvalue weighted by Gasteiger charge is 2.20. The molecule has 0 saturated heterocycles. The van der Waals surface area contributed by atoms with Crippen LogP contribution >= 0.6 is 0 Å². The van der Waals surface area contributed by atoms with Crippen LogP contribution in [0.3, 0.4) is 0 Å². The van der Waals surface area contributed by atoms with Gasteiger partial charge in [0.05, 0.1) is 11.0 Å². The van der Waals surface area contributed by atoms with Gasteiger partial charge in [-0.2, -0.15) is 0 Å². The first-order valence-corrected chi connectivity index (χ1v) is 15.0. The minimum absolute atomic E-state index is 0.0231. The van der Waals surface area contributed by atoms with Gasteiger partial charge in [0.1, 0.15) is 11.7 Å². The maximum Gasteiger partial charge on any atom is 0.254 e. The Hall–Kier alpha value is -3.97. The summed E-state index contributed by atoms with van der Waals surface area (Å²) in [5, 5.41) is 7.65. The van der Waals surface area contributed by atoms with E-state index in [0.29, 0.717) is 25.2 Å². The molecule has 1 amide bonds. The molecule has 1 aromatic heterocycles. The van der Waals surface area contributed by atoms with Crippen molar-refractivity contribution in [1.29, 1.82) is 5.41 Å². The van der Waals surface area contributed by atoms with Crippen molar-refractivity contribution < 1.29 is 4.79 Å². The summed E-state index contributed by atoms with van der Waals surface area (Å²) < 4.78 is 2.38. The molecule has 214 valence electrons. The van der Waals surface area contributed by atoms with E-state index in [1.807, 2.05) is 71.6 Å². The van der Waals surface area contributed by atoms with Crippen molar-refractivity contribution in [2.75, 3.05) is 13.1 Å². The third kappa shape index (κ3) is 7.22. The van der Waals surface area contributed by atoms with Crippen molar-refractivity contribution in [3.05, 3.63) is 101 Å². The number of imidazole rings is 1. The van der Waals surface area contributed by atoms with Crippen molar-refractivity contribution in [3.8, 4) is 0 Å². The lowest BCUT2D eigenvalue weighted by Crippen LogP contribution is -2.34. The number of nitrogens with two attached hydrogens (primary N) is 2. The third-order valence-electron chi connectivity index (χ3n) is 8.36. The van der Waals surface area contributed by atoms with Gasteiger partial charge in [0.25, 0.3) is 5.91 Å². The van der Waals surface area contributed by atoms with E-state index in [4.69, 9.17) is 21.9 Å². The summed E-state index contributed by atoms with van der Waals surface area (Å²) in [5.41, 5.74) is 17.1. The molecule has 7 nitrogen and oxygen atoms in total. The van der Waals surface area contributed by atoms with Crippen LogP contribution in [0.4, 0.5) is 0 Å². The van der Waals surface area contributed by atoms with E-state index in [0.717, 1.165) is 59.7 Å². The summed E-state index contributed by atoms with van der Waals surface area (Å²) in [7, 11) is 0. The first-order valence-electron chi connectivity index (χ1n) is 15.0. The van der Waals surface area contributed by atoms with Gasteiger partial charge in [-0.1, -0.05) is 86.7 Å². The highest BCUT2D eigenvalue weighted by Crippen LogP contribution is 2.28. The first-order chi connectivity index (χ1) is 20.0. The zero-order chi connectivity index (χ0) is 28.6. The van der Waals surface area contributed by atoms with Crippen LogP contribution in [0, 0.1) is 11.3 Å². The maximum absolute atomic E-state index is 13.6. The van der Waals surface area contributed by atoms with Crippen molar-refractivity contribution >= 4 is 22.8 Å². The Balaban J connectivity index is 1.39. The molecule has 1 aliphatic rings. The number of nitrogens with one attached hydrogen (secondary N) is 1. The first kappa shape index (κ1) is 28.6. The molecule has 0 spiro atoms. The number of benzene rings is 3. The number of nitrogens with zero attached hydrogens (tertiary/aromatic N) is 3. The summed E-state index contributed by atoms with van der Waals surface area (Å²) in [6, 6.07) is 23.9. The van der Waals surface area contributed by atoms with Crippen molar-refractivity contribution in [1.82, 2.24) is 14.5 Å². The number of hydrogen-bond donors (Lipinski definition) is 3. The lowest BCUT2D eigenvalue weighted by Gasteiger charge is -2.23. The molecule has 0 aliphatic heterocycles. The summed E-state index contributed by atoms with van der Waals surface area (Å²) in [5.74, 6) is 1.89. The SMILES string of the molecule is N=C(N)c1ccc(CCc2nc3cc(C(=O)N(CCN)Cc4ccccc4)ccc3n2CCC2CCCCC2)cc1. The van der Waals surface area contributed by atoms with Crippen LogP contribution in [-0.2, 0) is 25.9 Å². The van der Waals surface area contributed by atoms with Crippen LogP contribution in [0.2, 0.25) is 0 Å². The highest BCUT2D eigenvalue weighted by molar-refractivity contribution is 5.97. The second-order valence-electron chi connectivity index (χ2n) is 11.3. The molecule has 0 atom stereocenters. The standard InChI is InChI=1S/C34H42N6O/c35-20-22-39(24-27-9-5-2-6-10-27)34(41)29-16-17-31-30(23-29)38-32(40(31)21-19-25-7-3-1-4-8-25)18-13-26-11-14-28(15-12-26)33(36)37/h2,5-6,9-12,14-17,23,25H,1,3-4,7-8,13,18-22,24,35H2,(H3,36,37). The largest absolute Gasteiger partial charge is 0.384 e. The number of nitrogen functional groups attached to an aromatic ring is 1. The Morgan fingerprint density at radius 1 is 0.927 bits per heavy atom. The van der Waals surface area contributed by atoms with E-state index >= 15 is 0 Å². The molecule has 4 aromatic rings. The predicted octanol–water partition coefficient (Wildman–Crippen LogP) is 5.68. The molecular formula is C34H42N6O. The Kier molecular flexibility index (Phi) is 9.47. The fraction of sp³-hybridized carbons (Fsp3) is 0.382. The molecule has 3 aromatic carbocycles. The van der Waals surface area contributed by atoms with Gasteiger partial charge < -0.3 is 20.9 Å². The monoisotopic (exact) mass is 550 g/mol. The van der Waals surface area contributed by atoms with Crippen LogP contribution < -0.4 is 11.5 Å². The lowest BCUT2D eigenvalue weighted by atomic mass is 9.87. The van der Waals surface area contributed by atoms with E-state index in [2.05, 4.69) is 10.6 Å². The molecule has 5 rings (SSSR count). The van der Waals surface area contributed by atoms with E-state index in [1.165, 1.54) is 37.7 Å². The smallest absolute Gasteiger partial charge is 0.254 e. The van der Waals surface area contributed by atoms with Crippen molar-refractivity contribution in [2.24, 2.45) is 17.4 Å². The summed E-state index contributed by atoms with van der Waals surface area (Å²) in [4.78, 5) is 20.5. The number of fused-ring (bicyclic) bond motifs is 1. The van der Waals surface area contributed by atoms with Gasteiger partial charge in [-0.25, -0.2) is 4.98 Å². The van der Waals surface area contributed by atoms with E-state index < -0.39 is 0 Å². The average Bonchev–Trinajstić information content (AvgIpc) is 3.36. The number of carbonyl (C=O) groups is 1. The molecule has 1 heterocycles. The van der Waals surface area contributed by atoms with Gasteiger partial charge in [0.15, 0.2) is 0 Å². The number of amides is 1. The Bertz CT molecular complexity index is 1450. The summed E-state index contributed by atoms with van der Waals surface area (Å²) in [6.07, 6.45) is 9.49. The van der Waals surface area contributed by atoms with E-state index in [9.17, 15) is 4.79 Å². The predicted molar refractivity (Wildman–Crippen MR) is 166 cm³/mol. The van der Waals surface area contributed by atoms with Crippen LogP contribution in [0.15, 0.2) is 72.8 Å². The molecule has 0 bridgehead atoms. The summed E-state index contributed by atoms with van der Waals surface area (Å²) >= 11 is 0. The Morgan fingerprint density at radius 3 is 2.37 bits per heavy atom. The number of hydrogen-bond acceptors (Lipinski definition) is 4. The third-order valence-corrected chi connectivity index (χ3v) is 8.36. The van der Waals surface area contributed by atoms with Crippen molar-refractivity contribution in [2.45, 2.75) is 64.5 Å². The quantitative estimate of drug-likeness (QED) is 0.156. The fourth-order valence-electron chi connectivity index (χ4n) is 6.04. The molecule has 41 heavy (non-hydrogen) atoms. The number of aryl methyl sites for hydroxylation is 3. The molecule has 1 fully saturated rings. The van der Waals surface area contributed by atoms with E-state index in [-0.39, 0.29) is 11.7 Å². The molecule has 7 heteroatoms. The normalized spacial score (nSPS) is 13.9. The van der Waals surface area contributed by atoms with Crippen molar-refractivity contribution in [3.63, 3.8) is 0 Å². The molecule has 1 aliphatic carbocycles. The van der Waals surface area contributed by atoms with Crippen LogP contribution in [-0.4, -0.2) is 39.3 Å². The lowest BCUT2D eigenvalue weighted by molar-refractivity contribution is 0.0748. The Morgan fingerprint density at radius 2 is 1.66 bits per heavy atom. The topological polar surface area (TPSA) is 114 Å². The molecular weight excluding hydrogens is 508 g/mol. The minimum atomic E-state index is -0.0231. The highest BCUT2D eigenvalue weighted by atomic mass is 16.2. The van der Waals surface area contributed by atoms with Crippen LogP contribution in [0.25, 0.3) is 11.0 Å². The molecule has 0 unspecified atom stereocenters. The van der Waals surface area contributed by atoms with Gasteiger partial charge in [0, 0.05) is 43.7 Å². The zero-order valence-electron chi connectivity index (χ0n) is 23.9. The molecule has 5 N–H and O–H groups in total. The van der Waals surface area contributed by atoms with Gasteiger partial charge in [-0.05, 0) is 48.1 Å². The zero-order valence-corrected chi connectivity index (χ0v) is 23.9. The molecule has 0 radical (unpaired) electrons. The number of aromatic nitrogens is 2. The second-order valence-corrected chi connectivity index (χ2v) is 11.3. The van der Waals surface area contributed by atoms with Gasteiger partial charge in [-0.3, -0.25) is 10.2 Å². The number of amidine groups is 1. The van der Waals surface area contributed by atoms with Gasteiger partial charge in [-0.15, -0.1) is 0 Å². The van der Waals surface area contributed by atoms with E-state index in [1.54, 1.807) is 0 Å². The fourth-order valence-corrected chi connectivity index (χ4v) is 6.04. The number of rotatable bonds is 12. The average molecular weight is 551 g/mol. The Labute approximate surface area is 243 Å². The van der Waals surface area contributed by atoms with Gasteiger partial charge in [0.2, 0.25) is 0 Å². The summed E-state index contributed by atoms with van der Waals surface area (Å²) in [6.45, 7) is 2.38. The maximum atomic E-state index is 13.6. The van der Waals surface area contributed by atoms with Crippen LogP contribution in [0.5, 0.6) is 0 Å². The minimum Gasteiger partial charge on any atom is -0.384 e. The van der Waals surface area contributed by atoms with Crippen LogP contribution in [0.1, 0.15) is 71.4 Å².